The summed E-state index contributed by atoms with van der Waals surface area (Å²) < 4.78 is 26.4. The number of thiazole rings is 1. The average molecular weight is 296 g/mol. The average Bonchev–Trinajstić information content (AvgIpc) is 2.77. The first kappa shape index (κ1) is 15.1. The van der Waals surface area contributed by atoms with Gasteiger partial charge in [0.15, 0.2) is 0 Å². The van der Waals surface area contributed by atoms with E-state index in [1.165, 1.54) is 17.0 Å². The van der Waals surface area contributed by atoms with E-state index >= 15 is 0 Å². The molecule has 0 spiro atoms. The maximum atomic E-state index is 13.2. The highest BCUT2D eigenvalue weighted by Gasteiger charge is 2.11. The number of rotatable bonds is 6. The Balaban J connectivity index is 2.18. The zero-order chi connectivity index (χ0) is 14.5. The van der Waals surface area contributed by atoms with Crippen molar-refractivity contribution in [2.24, 2.45) is 0 Å². The molecule has 0 saturated carbocycles. The van der Waals surface area contributed by atoms with Gasteiger partial charge < -0.3 is 5.32 Å². The van der Waals surface area contributed by atoms with Crippen LogP contribution in [0, 0.1) is 11.6 Å². The van der Waals surface area contributed by atoms with Crippen LogP contribution in [0.4, 0.5) is 8.78 Å². The highest BCUT2D eigenvalue weighted by Crippen LogP contribution is 2.22. The molecule has 2 aromatic rings. The van der Waals surface area contributed by atoms with Crippen molar-refractivity contribution in [3.8, 4) is 0 Å². The van der Waals surface area contributed by atoms with Gasteiger partial charge in [-0.3, -0.25) is 0 Å². The van der Waals surface area contributed by atoms with Crippen LogP contribution in [0.1, 0.15) is 35.0 Å². The lowest BCUT2D eigenvalue weighted by Gasteiger charge is -1.99. The Labute approximate surface area is 121 Å². The summed E-state index contributed by atoms with van der Waals surface area (Å²) in [5.74, 6) is -1.08. The molecule has 0 radical (unpaired) electrons. The molecule has 108 valence electrons. The third-order valence-electron chi connectivity index (χ3n) is 2.97. The van der Waals surface area contributed by atoms with E-state index in [1.807, 2.05) is 0 Å². The van der Waals surface area contributed by atoms with Gasteiger partial charge in [-0.25, -0.2) is 13.8 Å². The minimum Gasteiger partial charge on any atom is -0.312 e. The molecule has 1 N–H and O–H groups in total. The lowest BCUT2D eigenvalue weighted by Crippen LogP contribution is -2.11. The number of nitrogens with zero attached hydrogens (tertiary/aromatic N) is 1. The molecule has 20 heavy (non-hydrogen) atoms. The molecule has 2 nitrogen and oxygen atoms in total. The number of halogens is 2. The number of hydrogen-bond donors (Lipinski definition) is 1. The topological polar surface area (TPSA) is 24.9 Å². The van der Waals surface area contributed by atoms with Crippen molar-refractivity contribution >= 4 is 11.3 Å². The van der Waals surface area contributed by atoms with Gasteiger partial charge in [0.1, 0.15) is 11.6 Å². The molecule has 0 aliphatic rings. The van der Waals surface area contributed by atoms with Crippen molar-refractivity contribution in [1.29, 1.82) is 0 Å². The molecule has 0 unspecified atom stereocenters. The summed E-state index contributed by atoms with van der Waals surface area (Å²) in [5, 5.41) is 4.19. The Morgan fingerprint density at radius 2 is 1.85 bits per heavy atom. The van der Waals surface area contributed by atoms with Crippen LogP contribution in [-0.2, 0) is 19.4 Å². The Morgan fingerprint density at radius 3 is 2.45 bits per heavy atom. The van der Waals surface area contributed by atoms with Crippen molar-refractivity contribution in [1.82, 2.24) is 10.3 Å². The summed E-state index contributed by atoms with van der Waals surface area (Å²) in [6, 6.07) is 3.61. The van der Waals surface area contributed by atoms with Gasteiger partial charge in [-0.2, -0.15) is 0 Å². The van der Waals surface area contributed by atoms with Crippen LogP contribution < -0.4 is 5.32 Å². The number of benzene rings is 1. The number of nitrogens with one attached hydrogen (secondary N) is 1. The SMILES string of the molecule is CCNCc1sc(Cc2cc(F)cc(F)c2)nc1CC. The Bertz CT molecular complexity index is 561. The molecule has 0 amide bonds. The first-order valence-electron chi connectivity index (χ1n) is 6.75. The first-order chi connectivity index (χ1) is 9.62. The van der Waals surface area contributed by atoms with E-state index in [0.717, 1.165) is 36.3 Å². The second kappa shape index (κ2) is 6.90. The van der Waals surface area contributed by atoms with Gasteiger partial charge in [0.05, 0.1) is 10.7 Å². The fraction of sp³-hybridized carbons (Fsp3) is 0.400. The van der Waals surface area contributed by atoms with Gasteiger partial charge in [-0.1, -0.05) is 13.8 Å². The van der Waals surface area contributed by atoms with E-state index < -0.39 is 11.6 Å². The molecule has 1 aromatic heterocycles. The molecule has 0 aliphatic carbocycles. The maximum absolute atomic E-state index is 13.2. The Morgan fingerprint density at radius 1 is 1.15 bits per heavy atom. The minimum atomic E-state index is -0.542. The summed E-state index contributed by atoms with van der Waals surface area (Å²) >= 11 is 1.61. The van der Waals surface area contributed by atoms with E-state index in [-0.39, 0.29) is 0 Å². The monoisotopic (exact) mass is 296 g/mol. The standard InChI is InChI=1S/C15H18F2N2S/c1-3-13-14(9-18-4-2)20-15(19-13)7-10-5-11(16)8-12(17)6-10/h5-6,8,18H,3-4,7,9H2,1-2H3. The van der Waals surface area contributed by atoms with Gasteiger partial charge in [0, 0.05) is 23.9 Å². The molecule has 0 aliphatic heterocycles. The zero-order valence-corrected chi connectivity index (χ0v) is 12.5. The van der Waals surface area contributed by atoms with Crippen molar-refractivity contribution in [2.45, 2.75) is 33.2 Å². The maximum Gasteiger partial charge on any atom is 0.126 e. The lowest BCUT2D eigenvalue weighted by atomic mass is 10.1. The smallest absolute Gasteiger partial charge is 0.126 e. The third kappa shape index (κ3) is 3.84. The highest BCUT2D eigenvalue weighted by molar-refractivity contribution is 7.11. The van der Waals surface area contributed by atoms with Crippen molar-refractivity contribution in [3.63, 3.8) is 0 Å². The highest BCUT2D eigenvalue weighted by atomic mass is 32.1. The Kier molecular flexibility index (Phi) is 5.20. The summed E-state index contributed by atoms with van der Waals surface area (Å²) in [6.07, 6.45) is 1.34. The van der Waals surface area contributed by atoms with Crippen molar-refractivity contribution in [2.75, 3.05) is 6.54 Å². The van der Waals surface area contributed by atoms with Crippen LogP contribution in [0.15, 0.2) is 18.2 Å². The molecule has 1 heterocycles. The van der Waals surface area contributed by atoms with E-state index in [1.54, 1.807) is 11.3 Å². The molecule has 1 aromatic carbocycles. The van der Waals surface area contributed by atoms with Crippen LogP contribution in [-0.4, -0.2) is 11.5 Å². The molecule has 0 saturated heterocycles. The van der Waals surface area contributed by atoms with Gasteiger partial charge >= 0.3 is 0 Å². The summed E-state index contributed by atoms with van der Waals surface area (Å²) in [7, 11) is 0. The largest absolute Gasteiger partial charge is 0.312 e. The fourth-order valence-corrected chi connectivity index (χ4v) is 3.21. The summed E-state index contributed by atoms with van der Waals surface area (Å²) in [6.45, 7) is 5.83. The van der Waals surface area contributed by atoms with E-state index in [4.69, 9.17) is 0 Å². The second-order valence-corrected chi connectivity index (χ2v) is 5.73. The van der Waals surface area contributed by atoms with Gasteiger partial charge in [0.2, 0.25) is 0 Å². The second-order valence-electron chi connectivity index (χ2n) is 4.57. The number of aromatic nitrogens is 1. The van der Waals surface area contributed by atoms with Gasteiger partial charge in [-0.05, 0) is 30.7 Å². The number of hydrogen-bond acceptors (Lipinski definition) is 3. The van der Waals surface area contributed by atoms with Crippen LogP contribution in [0.5, 0.6) is 0 Å². The first-order valence-corrected chi connectivity index (χ1v) is 7.57. The molecular formula is C15H18F2N2S. The van der Waals surface area contributed by atoms with E-state index in [9.17, 15) is 8.78 Å². The van der Waals surface area contributed by atoms with Gasteiger partial charge in [-0.15, -0.1) is 11.3 Å². The van der Waals surface area contributed by atoms with Gasteiger partial charge in [0.25, 0.3) is 0 Å². The lowest BCUT2D eigenvalue weighted by molar-refractivity contribution is 0.580. The molecule has 0 bridgehead atoms. The minimum absolute atomic E-state index is 0.471. The van der Waals surface area contributed by atoms with Crippen LogP contribution in [0.2, 0.25) is 0 Å². The quantitative estimate of drug-likeness (QED) is 0.879. The third-order valence-corrected chi connectivity index (χ3v) is 4.07. The molecule has 0 fully saturated rings. The molecular weight excluding hydrogens is 278 g/mol. The van der Waals surface area contributed by atoms with E-state index in [0.29, 0.717) is 12.0 Å². The van der Waals surface area contributed by atoms with Crippen molar-refractivity contribution in [3.05, 3.63) is 51.0 Å². The zero-order valence-electron chi connectivity index (χ0n) is 11.7. The Hall–Kier alpha value is -1.33. The number of aryl methyl sites for hydroxylation is 1. The predicted octanol–water partition coefficient (Wildman–Crippen LogP) is 3.68. The summed E-state index contributed by atoms with van der Waals surface area (Å²) in [5.41, 5.74) is 1.69. The molecule has 2 rings (SSSR count). The fourth-order valence-electron chi connectivity index (χ4n) is 2.05. The van der Waals surface area contributed by atoms with Crippen LogP contribution in [0.3, 0.4) is 0 Å². The van der Waals surface area contributed by atoms with E-state index in [2.05, 4.69) is 24.1 Å². The predicted molar refractivity (Wildman–Crippen MR) is 78.0 cm³/mol. The van der Waals surface area contributed by atoms with Crippen LogP contribution in [0.25, 0.3) is 0 Å². The normalized spacial score (nSPS) is 11.0. The molecule has 0 atom stereocenters. The summed E-state index contributed by atoms with van der Waals surface area (Å²) in [4.78, 5) is 5.78. The van der Waals surface area contributed by atoms with Crippen molar-refractivity contribution < 1.29 is 8.78 Å². The van der Waals surface area contributed by atoms with Crippen LogP contribution >= 0.6 is 11.3 Å². The molecule has 5 heteroatoms.